The van der Waals surface area contributed by atoms with Gasteiger partial charge in [0, 0.05) is 12.5 Å². The van der Waals surface area contributed by atoms with Gasteiger partial charge in [0.1, 0.15) is 5.82 Å². The summed E-state index contributed by atoms with van der Waals surface area (Å²) in [6, 6.07) is 5.51. The zero-order chi connectivity index (χ0) is 12.0. The Bertz CT molecular complexity index is 379. The molecule has 1 nitrogen and oxygen atoms in total. The summed E-state index contributed by atoms with van der Waals surface area (Å²) >= 11 is 0. The normalized spacial score (nSPS) is 12.1. The molecule has 0 fully saturated rings. The van der Waals surface area contributed by atoms with Crippen LogP contribution in [0.1, 0.15) is 36.4 Å². The minimum Gasteiger partial charge on any atom is -0.313 e. The van der Waals surface area contributed by atoms with Gasteiger partial charge in [-0.25, -0.2) is 4.39 Å². The zero-order valence-corrected chi connectivity index (χ0v) is 9.89. The van der Waals surface area contributed by atoms with Gasteiger partial charge in [-0.1, -0.05) is 12.1 Å². The quantitative estimate of drug-likeness (QED) is 0.592. The maximum Gasteiger partial charge on any atom is 0.126 e. The average Bonchev–Trinajstić information content (AvgIpc) is 2.29. The van der Waals surface area contributed by atoms with Gasteiger partial charge in [0.2, 0.25) is 0 Å². The van der Waals surface area contributed by atoms with E-state index in [0.29, 0.717) is 5.56 Å². The van der Waals surface area contributed by atoms with Gasteiger partial charge >= 0.3 is 0 Å². The number of hydrogen-bond acceptors (Lipinski definition) is 1. The van der Waals surface area contributed by atoms with E-state index >= 15 is 0 Å². The molecule has 1 atom stereocenters. The Hall–Kier alpha value is -1.33. The number of terminal acetylenes is 1. The molecule has 0 saturated carbocycles. The van der Waals surface area contributed by atoms with Crippen molar-refractivity contribution in [3.63, 3.8) is 0 Å². The van der Waals surface area contributed by atoms with Crippen molar-refractivity contribution in [2.75, 3.05) is 7.05 Å². The first kappa shape index (κ1) is 12.7. The molecule has 16 heavy (non-hydrogen) atoms. The highest BCUT2D eigenvalue weighted by Crippen LogP contribution is 2.21. The van der Waals surface area contributed by atoms with Crippen LogP contribution in [0.5, 0.6) is 0 Å². The van der Waals surface area contributed by atoms with E-state index in [-0.39, 0.29) is 11.9 Å². The molecule has 0 spiro atoms. The summed E-state index contributed by atoms with van der Waals surface area (Å²) in [7, 11) is 1.92. The van der Waals surface area contributed by atoms with Crippen LogP contribution < -0.4 is 5.32 Å². The maximum atomic E-state index is 13.1. The van der Waals surface area contributed by atoms with Gasteiger partial charge in [-0.15, -0.1) is 12.3 Å². The van der Waals surface area contributed by atoms with Crippen molar-refractivity contribution in [2.24, 2.45) is 0 Å². The van der Waals surface area contributed by atoms with E-state index in [1.54, 1.807) is 6.92 Å². The lowest BCUT2D eigenvalue weighted by atomic mass is 9.99. The molecular weight excluding hydrogens is 201 g/mol. The van der Waals surface area contributed by atoms with E-state index in [2.05, 4.69) is 11.2 Å². The summed E-state index contributed by atoms with van der Waals surface area (Å²) in [5.41, 5.74) is 1.81. The Morgan fingerprint density at radius 1 is 1.50 bits per heavy atom. The molecule has 1 N–H and O–H groups in total. The molecule has 0 aliphatic carbocycles. The minimum absolute atomic E-state index is 0.151. The molecule has 0 aromatic heterocycles. The highest BCUT2D eigenvalue weighted by atomic mass is 19.1. The molecule has 0 saturated heterocycles. The first-order chi connectivity index (χ1) is 7.69. The van der Waals surface area contributed by atoms with Crippen LogP contribution in [0, 0.1) is 25.1 Å². The lowest BCUT2D eigenvalue weighted by Gasteiger charge is -2.16. The number of rotatable bonds is 5. The molecule has 0 aliphatic heterocycles. The largest absolute Gasteiger partial charge is 0.313 e. The number of nitrogens with one attached hydrogen (secondary N) is 1. The van der Waals surface area contributed by atoms with Crippen LogP contribution in [-0.2, 0) is 0 Å². The maximum absolute atomic E-state index is 13.1. The van der Waals surface area contributed by atoms with Crippen molar-refractivity contribution in [3.05, 3.63) is 35.1 Å². The molecule has 0 bridgehead atoms. The Morgan fingerprint density at radius 3 is 2.81 bits per heavy atom. The number of halogens is 1. The first-order valence-electron chi connectivity index (χ1n) is 5.55. The number of unbranched alkanes of at least 4 members (excludes halogenated alkanes) is 1. The number of aryl methyl sites for hydroxylation is 1. The summed E-state index contributed by atoms with van der Waals surface area (Å²) < 4.78 is 13.1. The molecule has 0 radical (unpaired) electrons. The van der Waals surface area contributed by atoms with E-state index in [4.69, 9.17) is 6.42 Å². The van der Waals surface area contributed by atoms with Gasteiger partial charge in [-0.05, 0) is 44.0 Å². The predicted octanol–water partition coefficient (Wildman–Crippen LogP) is 3.20. The molecule has 86 valence electrons. The third-order valence-electron chi connectivity index (χ3n) is 2.75. The molecule has 1 rings (SSSR count). The Morgan fingerprint density at radius 2 is 2.25 bits per heavy atom. The second-order valence-electron chi connectivity index (χ2n) is 3.95. The van der Waals surface area contributed by atoms with Gasteiger partial charge in [0.05, 0.1) is 0 Å². The van der Waals surface area contributed by atoms with Crippen LogP contribution in [0.2, 0.25) is 0 Å². The second kappa shape index (κ2) is 6.30. The summed E-state index contributed by atoms with van der Waals surface area (Å²) in [4.78, 5) is 0. The van der Waals surface area contributed by atoms with E-state index in [9.17, 15) is 4.39 Å². The summed E-state index contributed by atoms with van der Waals surface area (Å²) in [6.07, 6.45) is 7.97. The van der Waals surface area contributed by atoms with Gasteiger partial charge in [0.25, 0.3) is 0 Å². The van der Waals surface area contributed by atoms with Crippen LogP contribution in [-0.4, -0.2) is 7.05 Å². The first-order valence-corrected chi connectivity index (χ1v) is 5.55. The van der Waals surface area contributed by atoms with E-state index in [1.807, 2.05) is 19.2 Å². The zero-order valence-electron chi connectivity index (χ0n) is 9.89. The van der Waals surface area contributed by atoms with Crippen LogP contribution >= 0.6 is 0 Å². The monoisotopic (exact) mass is 219 g/mol. The minimum atomic E-state index is -0.151. The number of benzene rings is 1. The lowest BCUT2D eigenvalue weighted by molar-refractivity contribution is 0.529. The molecule has 1 aromatic rings. The molecule has 0 aliphatic rings. The highest BCUT2D eigenvalue weighted by Gasteiger charge is 2.09. The molecule has 0 amide bonds. The Balaban J connectivity index is 2.71. The third kappa shape index (κ3) is 3.36. The van der Waals surface area contributed by atoms with Gasteiger partial charge in [-0.2, -0.15) is 0 Å². The molecular formula is C14H18FN. The van der Waals surface area contributed by atoms with Gasteiger partial charge in [-0.3, -0.25) is 0 Å². The topological polar surface area (TPSA) is 12.0 Å². The van der Waals surface area contributed by atoms with Gasteiger partial charge in [0.15, 0.2) is 0 Å². The summed E-state index contributed by atoms with van der Waals surface area (Å²) in [5.74, 6) is 2.48. The highest BCUT2D eigenvalue weighted by molar-refractivity contribution is 5.26. The fourth-order valence-corrected chi connectivity index (χ4v) is 1.77. The van der Waals surface area contributed by atoms with Crippen molar-refractivity contribution in [1.82, 2.24) is 5.32 Å². The van der Waals surface area contributed by atoms with Crippen molar-refractivity contribution in [1.29, 1.82) is 0 Å². The molecule has 1 aromatic carbocycles. The van der Waals surface area contributed by atoms with Crippen LogP contribution in [0.25, 0.3) is 0 Å². The fraction of sp³-hybridized carbons (Fsp3) is 0.429. The lowest BCUT2D eigenvalue weighted by Crippen LogP contribution is -2.16. The Kier molecular flexibility index (Phi) is 5.01. The summed E-state index contributed by atoms with van der Waals surface area (Å²) in [5, 5.41) is 3.23. The predicted molar refractivity (Wildman–Crippen MR) is 65.6 cm³/mol. The van der Waals surface area contributed by atoms with Crippen molar-refractivity contribution in [2.45, 2.75) is 32.2 Å². The third-order valence-corrected chi connectivity index (χ3v) is 2.75. The molecule has 0 heterocycles. The molecule has 2 heteroatoms. The second-order valence-corrected chi connectivity index (χ2v) is 3.95. The van der Waals surface area contributed by atoms with E-state index in [1.165, 1.54) is 6.07 Å². The van der Waals surface area contributed by atoms with Crippen molar-refractivity contribution in [3.8, 4) is 12.3 Å². The standard InChI is InChI=1S/C14H18FN/c1-4-5-6-7-14(16-3)12-8-9-13(15)11(2)10-12/h1,8-10,14,16H,5-7H2,2-3H3. The summed E-state index contributed by atoms with van der Waals surface area (Å²) in [6.45, 7) is 1.78. The Labute approximate surface area is 97.1 Å². The fourth-order valence-electron chi connectivity index (χ4n) is 1.77. The van der Waals surface area contributed by atoms with E-state index in [0.717, 1.165) is 24.8 Å². The smallest absolute Gasteiger partial charge is 0.126 e. The van der Waals surface area contributed by atoms with Crippen LogP contribution in [0.3, 0.4) is 0 Å². The average molecular weight is 219 g/mol. The van der Waals surface area contributed by atoms with Crippen LogP contribution in [0.15, 0.2) is 18.2 Å². The van der Waals surface area contributed by atoms with Crippen LogP contribution in [0.4, 0.5) is 4.39 Å². The van der Waals surface area contributed by atoms with E-state index < -0.39 is 0 Å². The van der Waals surface area contributed by atoms with Crippen molar-refractivity contribution >= 4 is 0 Å². The SMILES string of the molecule is C#CCCCC(NC)c1ccc(F)c(C)c1. The van der Waals surface area contributed by atoms with Gasteiger partial charge < -0.3 is 5.32 Å². The molecule has 1 unspecified atom stereocenters. The van der Waals surface area contributed by atoms with Crippen molar-refractivity contribution < 1.29 is 4.39 Å². The number of hydrogen-bond donors (Lipinski definition) is 1.